The first-order valence-electron chi connectivity index (χ1n) is 8.08. The van der Waals surface area contributed by atoms with Crippen LogP contribution in [-0.2, 0) is 0 Å². The Balaban J connectivity index is 0.00000116. The Morgan fingerprint density at radius 1 is 1.27 bits per heavy atom. The highest BCUT2D eigenvalue weighted by Gasteiger charge is 2.08. The maximum absolute atomic E-state index is 5.37. The summed E-state index contributed by atoms with van der Waals surface area (Å²) in [4.78, 5) is 4.48. The molecule has 2 N–H and O–H groups in total. The molecule has 0 amide bonds. The fraction of sp³-hybridized carbons (Fsp3) is 0.500. The molecule has 0 fully saturated rings. The van der Waals surface area contributed by atoms with Crippen molar-refractivity contribution in [2.24, 2.45) is 0 Å². The third-order valence-electron chi connectivity index (χ3n) is 3.38. The van der Waals surface area contributed by atoms with E-state index >= 15 is 0 Å². The van der Waals surface area contributed by atoms with Gasteiger partial charge in [0.25, 0.3) is 0 Å². The molecule has 2 aromatic rings. The summed E-state index contributed by atoms with van der Waals surface area (Å²) in [5.41, 5.74) is 2.03. The number of nitrogens with zero attached hydrogens (tertiary/aromatic N) is 1. The van der Waals surface area contributed by atoms with Crippen molar-refractivity contribution in [3.63, 3.8) is 0 Å². The number of hydrogen-bond donors (Lipinski definition) is 2. The Hall–Kier alpha value is -1.81. The topological polar surface area (TPSA) is 46.2 Å². The van der Waals surface area contributed by atoms with Crippen LogP contribution in [0.3, 0.4) is 0 Å². The van der Waals surface area contributed by atoms with Crippen LogP contribution in [-0.4, -0.2) is 31.7 Å². The van der Waals surface area contributed by atoms with Crippen LogP contribution < -0.4 is 15.4 Å². The van der Waals surface area contributed by atoms with E-state index in [9.17, 15) is 0 Å². The van der Waals surface area contributed by atoms with Gasteiger partial charge in [-0.25, -0.2) is 0 Å². The van der Waals surface area contributed by atoms with Gasteiger partial charge in [-0.15, -0.1) is 0 Å². The van der Waals surface area contributed by atoms with Crippen molar-refractivity contribution in [2.45, 2.75) is 39.7 Å². The van der Waals surface area contributed by atoms with E-state index in [1.165, 1.54) is 0 Å². The summed E-state index contributed by atoms with van der Waals surface area (Å²) >= 11 is 0. The van der Waals surface area contributed by atoms with Gasteiger partial charge in [0.2, 0.25) is 0 Å². The smallest absolute Gasteiger partial charge is 0.121 e. The molecule has 1 aromatic carbocycles. The number of fused-ring (bicyclic) bond motifs is 1. The lowest BCUT2D eigenvalue weighted by molar-refractivity contribution is 0.415. The molecule has 1 aromatic heterocycles. The van der Waals surface area contributed by atoms with Crippen LogP contribution in [0.2, 0.25) is 0 Å². The molecule has 1 atom stereocenters. The zero-order valence-corrected chi connectivity index (χ0v) is 14.4. The van der Waals surface area contributed by atoms with Gasteiger partial charge in [-0.3, -0.25) is 4.98 Å². The second kappa shape index (κ2) is 10.0. The maximum Gasteiger partial charge on any atom is 0.121 e. The van der Waals surface area contributed by atoms with Crippen LogP contribution in [0, 0.1) is 0 Å². The summed E-state index contributed by atoms with van der Waals surface area (Å²) in [6.45, 7) is 7.24. The Labute approximate surface area is 134 Å². The number of methoxy groups -OCH3 is 1. The van der Waals surface area contributed by atoms with Gasteiger partial charge in [0.15, 0.2) is 0 Å². The second-order valence-electron chi connectivity index (χ2n) is 5.04. The average Bonchev–Trinajstić information content (AvgIpc) is 2.56. The lowest BCUT2D eigenvalue weighted by Crippen LogP contribution is -2.18. The number of ether oxygens (including phenoxy) is 1. The summed E-state index contributed by atoms with van der Waals surface area (Å²) in [5.74, 6) is 0.857. The second-order valence-corrected chi connectivity index (χ2v) is 5.04. The third kappa shape index (κ3) is 5.19. The van der Waals surface area contributed by atoms with Crippen molar-refractivity contribution < 1.29 is 4.74 Å². The summed E-state index contributed by atoms with van der Waals surface area (Å²) in [5, 5.41) is 7.82. The van der Waals surface area contributed by atoms with E-state index in [-0.39, 0.29) is 0 Å². The molecule has 1 heterocycles. The van der Waals surface area contributed by atoms with Gasteiger partial charge in [-0.2, -0.15) is 0 Å². The monoisotopic (exact) mass is 303 g/mol. The molecular weight excluding hydrogens is 274 g/mol. The van der Waals surface area contributed by atoms with E-state index in [0.717, 1.165) is 41.7 Å². The number of aromatic nitrogens is 1. The molecule has 4 nitrogen and oxygen atoms in total. The van der Waals surface area contributed by atoms with Gasteiger partial charge in [0.05, 0.1) is 18.3 Å². The van der Waals surface area contributed by atoms with Crippen molar-refractivity contribution >= 4 is 16.6 Å². The third-order valence-corrected chi connectivity index (χ3v) is 3.38. The highest BCUT2D eigenvalue weighted by atomic mass is 16.5. The standard InChI is InChI=1S/C16H23N3O.C2H6/c1-12(6-4-8-17-2)19-15-11-14(20-3)10-13-7-5-9-18-16(13)15;1-2/h5,7,9-12,17,19H,4,6,8H2,1-3H3;1-2H3. The van der Waals surface area contributed by atoms with Crippen LogP contribution >= 0.6 is 0 Å². The first-order chi connectivity index (χ1) is 10.7. The normalized spacial score (nSPS) is 11.5. The molecule has 22 heavy (non-hydrogen) atoms. The van der Waals surface area contributed by atoms with Crippen LogP contribution in [0.5, 0.6) is 5.75 Å². The Kier molecular flexibility index (Phi) is 8.30. The molecule has 122 valence electrons. The fourth-order valence-electron chi connectivity index (χ4n) is 2.32. The molecule has 4 heteroatoms. The predicted molar refractivity (Wildman–Crippen MR) is 95.9 cm³/mol. The quantitative estimate of drug-likeness (QED) is 0.757. The average molecular weight is 303 g/mol. The Morgan fingerprint density at radius 3 is 2.73 bits per heavy atom. The molecule has 1 unspecified atom stereocenters. The van der Waals surface area contributed by atoms with Gasteiger partial charge in [-0.1, -0.05) is 19.9 Å². The van der Waals surface area contributed by atoms with E-state index < -0.39 is 0 Å². The number of benzene rings is 1. The van der Waals surface area contributed by atoms with Crippen LogP contribution in [0.25, 0.3) is 10.9 Å². The minimum atomic E-state index is 0.403. The predicted octanol–water partition coefficient (Wildman–Crippen LogP) is 4.07. The van der Waals surface area contributed by atoms with Gasteiger partial charge in [0, 0.05) is 23.7 Å². The van der Waals surface area contributed by atoms with Crippen LogP contribution in [0.1, 0.15) is 33.6 Å². The highest BCUT2D eigenvalue weighted by Crippen LogP contribution is 2.28. The van der Waals surface area contributed by atoms with Gasteiger partial charge >= 0.3 is 0 Å². The Bertz CT molecular complexity index is 557. The molecule has 0 saturated carbocycles. The van der Waals surface area contributed by atoms with E-state index in [1.807, 2.05) is 45.3 Å². The number of hydrogen-bond acceptors (Lipinski definition) is 4. The van der Waals surface area contributed by atoms with E-state index in [0.29, 0.717) is 6.04 Å². The molecule has 2 rings (SSSR count). The first-order valence-corrected chi connectivity index (χ1v) is 8.08. The molecule has 0 saturated heterocycles. The fourth-order valence-corrected chi connectivity index (χ4v) is 2.32. The molecule has 0 aliphatic carbocycles. The molecule has 0 radical (unpaired) electrons. The maximum atomic E-state index is 5.37. The van der Waals surface area contributed by atoms with E-state index in [1.54, 1.807) is 7.11 Å². The zero-order chi connectivity index (χ0) is 16.4. The molecule has 0 spiro atoms. The summed E-state index contributed by atoms with van der Waals surface area (Å²) in [7, 11) is 3.68. The number of rotatable bonds is 7. The zero-order valence-electron chi connectivity index (χ0n) is 14.4. The van der Waals surface area contributed by atoms with Crippen LogP contribution in [0.4, 0.5) is 5.69 Å². The largest absolute Gasteiger partial charge is 0.497 e. The van der Waals surface area contributed by atoms with Crippen molar-refractivity contribution in [1.29, 1.82) is 0 Å². The molecule has 0 bridgehead atoms. The number of pyridine rings is 1. The van der Waals surface area contributed by atoms with Crippen LogP contribution in [0.15, 0.2) is 30.5 Å². The summed E-state index contributed by atoms with van der Waals surface area (Å²) in [6.07, 6.45) is 4.10. The summed E-state index contributed by atoms with van der Waals surface area (Å²) in [6, 6.07) is 8.44. The van der Waals surface area contributed by atoms with E-state index in [2.05, 4.69) is 28.6 Å². The van der Waals surface area contributed by atoms with Gasteiger partial charge < -0.3 is 15.4 Å². The summed E-state index contributed by atoms with van der Waals surface area (Å²) < 4.78 is 5.37. The molecule has 0 aliphatic heterocycles. The minimum Gasteiger partial charge on any atom is -0.497 e. The number of nitrogens with one attached hydrogen (secondary N) is 2. The molecular formula is C18H29N3O. The highest BCUT2D eigenvalue weighted by molar-refractivity contribution is 5.91. The minimum absolute atomic E-state index is 0.403. The van der Waals surface area contributed by atoms with Crippen molar-refractivity contribution in [2.75, 3.05) is 26.0 Å². The number of anilines is 1. The van der Waals surface area contributed by atoms with E-state index in [4.69, 9.17) is 4.74 Å². The van der Waals surface area contributed by atoms with Crippen molar-refractivity contribution in [1.82, 2.24) is 10.3 Å². The van der Waals surface area contributed by atoms with Crippen molar-refractivity contribution in [3.8, 4) is 5.75 Å². The SMILES string of the molecule is CC.CNCCCC(C)Nc1cc(OC)cc2cccnc12. The van der Waals surface area contributed by atoms with Gasteiger partial charge in [0.1, 0.15) is 5.75 Å². The molecule has 0 aliphatic rings. The first kappa shape index (κ1) is 18.2. The lowest BCUT2D eigenvalue weighted by atomic mass is 10.1. The van der Waals surface area contributed by atoms with Gasteiger partial charge in [-0.05, 0) is 45.5 Å². The van der Waals surface area contributed by atoms with Crippen molar-refractivity contribution in [3.05, 3.63) is 30.5 Å². The lowest BCUT2D eigenvalue weighted by Gasteiger charge is -2.17. The Morgan fingerprint density at radius 2 is 2.05 bits per heavy atom.